The van der Waals surface area contributed by atoms with Crippen LogP contribution in [0.2, 0.25) is 0 Å². The third-order valence-corrected chi connectivity index (χ3v) is 5.53. The number of nitrogens with zero attached hydrogens (tertiary/aromatic N) is 2. The minimum absolute atomic E-state index is 0.204. The first-order chi connectivity index (χ1) is 13.1. The van der Waals surface area contributed by atoms with Crippen molar-refractivity contribution in [1.82, 2.24) is 20.7 Å². The summed E-state index contributed by atoms with van der Waals surface area (Å²) in [4.78, 5) is 51.6. The Morgan fingerprint density at radius 1 is 1.14 bits per heavy atom. The summed E-state index contributed by atoms with van der Waals surface area (Å²) in [5.41, 5.74) is 0.994. The van der Waals surface area contributed by atoms with Gasteiger partial charge in [0.1, 0.15) is 11.1 Å². The first-order valence-corrected chi connectivity index (χ1v) is 10.1. The molecule has 0 aromatic carbocycles. The maximum absolute atomic E-state index is 12.8. The van der Waals surface area contributed by atoms with Gasteiger partial charge in [0.05, 0.1) is 5.92 Å². The van der Waals surface area contributed by atoms with Crippen molar-refractivity contribution in [3.05, 3.63) is 0 Å². The summed E-state index contributed by atoms with van der Waals surface area (Å²) in [5.74, 6) is -1.31. The molecule has 0 radical (unpaired) electrons. The van der Waals surface area contributed by atoms with Crippen LogP contribution in [0.5, 0.6) is 0 Å². The molecule has 1 unspecified atom stereocenters. The molecule has 0 bridgehead atoms. The van der Waals surface area contributed by atoms with Gasteiger partial charge in [-0.2, -0.15) is 5.01 Å². The van der Waals surface area contributed by atoms with Gasteiger partial charge >= 0.3 is 12.1 Å². The quantitative estimate of drug-likeness (QED) is 0.696. The van der Waals surface area contributed by atoms with Gasteiger partial charge in [0, 0.05) is 13.1 Å². The largest absolute Gasteiger partial charge is 0.444 e. The number of carbonyl (C=O) groups excluding carboxylic acids is 4. The molecule has 2 aliphatic heterocycles. The van der Waals surface area contributed by atoms with Gasteiger partial charge < -0.3 is 15.0 Å². The van der Waals surface area contributed by atoms with Crippen LogP contribution < -0.4 is 10.7 Å². The molecule has 3 fully saturated rings. The van der Waals surface area contributed by atoms with Crippen molar-refractivity contribution in [3.8, 4) is 0 Å². The molecule has 5 amide bonds. The van der Waals surface area contributed by atoms with E-state index in [4.69, 9.17) is 4.74 Å². The van der Waals surface area contributed by atoms with E-state index in [1.165, 1.54) is 4.90 Å². The van der Waals surface area contributed by atoms with Crippen LogP contribution in [0.15, 0.2) is 0 Å². The number of urea groups is 1. The van der Waals surface area contributed by atoms with Gasteiger partial charge in [-0.3, -0.25) is 15.0 Å². The number of hydrogen-bond acceptors (Lipinski definition) is 5. The van der Waals surface area contributed by atoms with E-state index < -0.39 is 35.1 Å². The molecule has 1 atom stereocenters. The second-order valence-corrected chi connectivity index (χ2v) is 8.96. The van der Waals surface area contributed by atoms with Gasteiger partial charge in [-0.25, -0.2) is 9.59 Å². The van der Waals surface area contributed by atoms with Crippen molar-refractivity contribution in [2.24, 2.45) is 5.92 Å². The molecule has 2 saturated heterocycles. The van der Waals surface area contributed by atoms with E-state index in [-0.39, 0.29) is 12.5 Å². The van der Waals surface area contributed by atoms with Gasteiger partial charge in [0.15, 0.2) is 0 Å². The molecule has 156 valence electrons. The second kappa shape index (κ2) is 7.60. The number of hydrogen-bond donors (Lipinski definition) is 2. The van der Waals surface area contributed by atoms with Crippen LogP contribution in [0.4, 0.5) is 9.59 Å². The van der Waals surface area contributed by atoms with Crippen LogP contribution in [0.3, 0.4) is 0 Å². The number of hydrazine groups is 1. The molecule has 2 N–H and O–H groups in total. The Morgan fingerprint density at radius 2 is 1.82 bits per heavy atom. The number of ether oxygens (including phenoxy) is 1. The SMILES string of the molecule is CC(C)(C)OC(=O)N1CCCC(C(=O)NN2C(=O)NC3(CCCCC3)C2=O)C1. The van der Waals surface area contributed by atoms with Crippen molar-refractivity contribution in [2.45, 2.75) is 76.9 Å². The lowest BCUT2D eigenvalue weighted by atomic mass is 9.82. The third-order valence-electron chi connectivity index (χ3n) is 5.53. The number of rotatable bonds is 2. The summed E-state index contributed by atoms with van der Waals surface area (Å²) in [6.07, 6.45) is 4.77. The Bertz CT molecular complexity index is 666. The Hall–Kier alpha value is -2.32. The van der Waals surface area contributed by atoms with E-state index in [0.29, 0.717) is 32.2 Å². The molecule has 3 aliphatic rings. The van der Waals surface area contributed by atoms with E-state index in [0.717, 1.165) is 24.3 Å². The molecular formula is C19H30N4O5. The number of nitrogens with one attached hydrogen (secondary N) is 2. The average Bonchev–Trinajstić information content (AvgIpc) is 2.85. The Balaban J connectivity index is 1.60. The summed E-state index contributed by atoms with van der Waals surface area (Å²) in [5, 5.41) is 3.59. The fraction of sp³-hybridized carbons (Fsp3) is 0.789. The van der Waals surface area contributed by atoms with Gasteiger partial charge in [-0.05, 0) is 46.5 Å². The predicted molar refractivity (Wildman–Crippen MR) is 99.9 cm³/mol. The first kappa shape index (κ1) is 20.4. The topological polar surface area (TPSA) is 108 Å². The molecule has 28 heavy (non-hydrogen) atoms. The fourth-order valence-corrected chi connectivity index (χ4v) is 4.10. The zero-order chi connectivity index (χ0) is 20.5. The van der Waals surface area contributed by atoms with Crippen LogP contribution in [-0.2, 0) is 14.3 Å². The third kappa shape index (κ3) is 4.23. The Morgan fingerprint density at radius 3 is 2.46 bits per heavy atom. The molecule has 1 spiro atoms. The van der Waals surface area contributed by atoms with Gasteiger partial charge in [-0.1, -0.05) is 19.3 Å². The van der Waals surface area contributed by atoms with Crippen molar-refractivity contribution >= 4 is 23.9 Å². The zero-order valence-electron chi connectivity index (χ0n) is 16.9. The van der Waals surface area contributed by atoms with E-state index in [1.54, 1.807) is 20.8 Å². The lowest BCUT2D eigenvalue weighted by Gasteiger charge is -2.34. The van der Waals surface area contributed by atoms with Crippen LogP contribution in [-0.4, -0.2) is 58.1 Å². The highest BCUT2D eigenvalue weighted by Crippen LogP contribution is 2.33. The predicted octanol–water partition coefficient (Wildman–Crippen LogP) is 1.92. The molecule has 0 aromatic rings. The Labute approximate surface area is 165 Å². The number of piperidine rings is 1. The minimum atomic E-state index is -0.877. The maximum Gasteiger partial charge on any atom is 0.410 e. The first-order valence-electron chi connectivity index (χ1n) is 10.1. The monoisotopic (exact) mass is 394 g/mol. The van der Waals surface area contributed by atoms with Crippen molar-refractivity contribution in [3.63, 3.8) is 0 Å². The summed E-state index contributed by atoms with van der Waals surface area (Å²) in [6, 6.07) is -0.583. The maximum atomic E-state index is 12.8. The average molecular weight is 394 g/mol. The Kier molecular flexibility index (Phi) is 5.54. The number of imide groups is 1. The highest BCUT2D eigenvalue weighted by Gasteiger charge is 2.52. The molecule has 9 nitrogen and oxygen atoms in total. The standard InChI is InChI=1S/C19H30N4O5/c1-18(2,3)28-17(27)22-11-7-8-13(12-22)14(24)21-23-15(25)19(20-16(23)26)9-5-4-6-10-19/h13H,4-12H2,1-3H3,(H,20,26)(H,21,24). The number of likely N-dealkylation sites (tertiary alicyclic amines) is 1. The molecule has 2 heterocycles. The summed E-state index contributed by atoms with van der Waals surface area (Å²) in [7, 11) is 0. The highest BCUT2D eigenvalue weighted by molar-refractivity contribution is 6.08. The minimum Gasteiger partial charge on any atom is -0.444 e. The van der Waals surface area contributed by atoms with Crippen LogP contribution >= 0.6 is 0 Å². The van der Waals surface area contributed by atoms with Crippen LogP contribution in [0.25, 0.3) is 0 Å². The van der Waals surface area contributed by atoms with E-state index in [1.807, 2.05) is 0 Å². The van der Waals surface area contributed by atoms with Crippen molar-refractivity contribution in [2.75, 3.05) is 13.1 Å². The molecule has 0 aromatic heterocycles. The smallest absolute Gasteiger partial charge is 0.410 e. The normalized spacial score (nSPS) is 24.9. The van der Waals surface area contributed by atoms with Crippen LogP contribution in [0, 0.1) is 5.92 Å². The summed E-state index contributed by atoms with van der Waals surface area (Å²) in [6.45, 7) is 6.09. The lowest BCUT2D eigenvalue weighted by Crippen LogP contribution is -2.54. The number of carbonyl (C=O) groups is 4. The molecule has 1 aliphatic carbocycles. The lowest BCUT2D eigenvalue weighted by molar-refractivity contribution is -0.142. The van der Waals surface area contributed by atoms with Gasteiger partial charge in [-0.15, -0.1) is 0 Å². The van der Waals surface area contributed by atoms with E-state index in [9.17, 15) is 19.2 Å². The highest BCUT2D eigenvalue weighted by atomic mass is 16.6. The van der Waals surface area contributed by atoms with Crippen molar-refractivity contribution < 1.29 is 23.9 Å². The van der Waals surface area contributed by atoms with Crippen molar-refractivity contribution in [1.29, 1.82) is 0 Å². The molecule has 3 rings (SSSR count). The molecule has 9 heteroatoms. The summed E-state index contributed by atoms with van der Waals surface area (Å²) < 4.78 is 5.37. The second-order valence-electron chi connectivity index (χ2n) is 8.96. The van der Waals surface area contributed by atoms with E-state index in [2.05, 4.69) is 10.7 Å². The number of amides is 5. The van der Waals surface area contributed by atoms with Gasteiger partial charge in [0.25, 0.3) is 5.91 Å². The summed E-state index contributed by atoms with van der Waals surface area (Å²) >= 11 is 0. The van der Waals surface area contributed by atoms with E-state index >= 15 is 0 Å². The molecule has 1 saturated carbocycles. The zero-order valence-corrected chi connectivity index (χ0v) is 16.9. The molecular weight excluding hydrogens is 364 g/mol. The van der Waals surface area contributed by atoms with Crippen LogP contribution in [0.1, 0.15) is 65.7 Å². The fourth-order valence-electron chi connectivity index (χ4n) is 4.10. The van der Waals surface area contributed by atoms with Gasteiger partial charge in [0.2, 0.25) is 5.91 Å².